The van der Waals surface area contributed by atoms with Crippen LogP contribution in [0.25, 0.3) is 0 Å². The maximum atomic E-state index is 11.7. The monoisotopic (exact) mass is 292 g/mol. The van der Waals surface area contributed by atoms with E-state index in [-0.39, 0.29) is 24.7 Å². The second-order valence-corrected chi connectivity index (χ2v) is 4.73. The third-order valence-corrected chi connectivity index (χ3v) is 2.91. The molecule has 0 aliphatic carbocycles. The third-order valence-electron chi connectivity index (χ3n) is 2.91. The number of amides is 2. The molecule has 0 radical (unpaired) electrons. The fourth-order valence-electron chi connectivity index (χ4n) is 1.70. The summed E-state index contributed by atoms with van der Waals surface area (Å²) in [6.07, 6.45) is 0.799. The van der Waals surface area contributed by atoms with Crippen molar-refractivity contribution in [2.24, 2.45) is 0 Å². The van der Waals surface area contributed by atoms with E-state index in [0.717, 1.165) is 5.56 Å². The van der Waals surface area contributed by atoms with Crippen LogP contribution in [0.1, 0.15) is 38.2 Å². The number of benzene rings is 1. The van der Waals surface area contributed by atoms with Gasteiger partial charge in [0.05, 0.1) is 0 Å². The summed E-state index contributed by atoms with van der Waals surface area (Å²) >= 11 is 0. The van der Waals surface area contributed by atoms with Crippen LogP contribution >= 0.6 is 0 Å². The molecule has 0 bridgehead atoms. The van der Waals surface area contributed by atoms with Crippen LogP contribution in [-0.2, 0) is 14.4 Å². The minimum Gasteiger partial charge on any atom is -0.481 e. The molecule has 3 N–H and O–H groups in total. The molecule has 1 aromatic rings. The van der Waals surface area contributed by atoms with Gasteiger partial charge in [0.25, 0.3) is 0 Å². The fourth-order valence-corrected chi connectivity index (χ4v) is 1.70. The summed E-state index contributed by atoms with van der Waals surface area (Å²) in [7, 11) is 0. The number of nitrogens with one attached hydrogen (secondary N) is 2. The highest BCUT2D eigenvalue weighted by Crippen LogP contribution is 2.20. The second-order valence-electron chi connectivity index (χ2n) is 4.73. The van der Waals surface area contributed by atoms with E-state index in [4.69, 9.17) is 5.11 Å². The maximum Gasteiger partial charge on any atom is 0.303 e. The molecule has 0 unspecified atom stereocenters. The molecule has 0 fully saturated rings. The predicted octanol–water partition coefficient (Wildman–Crippen LogP) is 2.54. The van der Waals surface area contributed by atoms with Gasteiger partial charge < -0.3 is 15.7 Å². The van der Waals surface area contributed by atoms with E-state index in [1.165, 1.54) is 0 Å². The minimum absolute atomic E-state index is 0.0286. The van der Waals surface area contributed by atoms with E-state index in [1.807, 2.05) is 6.92 Å². The number of rotatable bonds is 7. The zero-order valence-corrected chi connectivity index (χ0v) is 12.2. The first-order chi connectivity index (χ1) is 9.92. The SMILES string of the molecule is CCC(=O)Nc1cc(NC(=O)CCCC(=O)O)ccc1C. The van der Waals surface area contributed by atoms with E-state index in [0.29, 0.717) is 24.2 Å². The number of anilines is 2. The lowest BCUT2D eigenvalue weighted by Crippen LogP contribution is -2.14. The second kappa shape index (κ2) is 8.04. The third kappa shape index (κ3) is 6.07. The van der Waals surface area contributed by atoms with Crippen molar-refractivity contribution < 1.29 is 19.5 Å². The molecular formula is C15H20N2O4. The van der Waals surface area contributed by atoms with Gasteiger partial charge in [0.1, 0.15) is 0 Å². The zero-order valence-electron chi connectivity index (χ0n) is 12.2. The number of aryl methyl sites for hydroxylation is 1. The van der Waals surface area contributed by atoms with Gasteiger partial charge in [0, 0.05) is 30.6 Å². The summed E-state index contributed by atoms with van der Waals surface area (Å²) in [5.74, 6) is -1.25. The average Bonchev–Trinajstić information content (AvgIpc) is 2.42. The molecule has 0 aromatic heterocycles. The van der Waals surface area contributed by atoms with Crippen molar-refractivity contribution in [3.63, 3.8) is 0 Å². The average molecular weight is 292 g/mol. The Balaban J connectivity index is 2.63. The van der Waals surface area contributed by atoms with Crippen LogP contribution in [0.15, 0.2) is 18.2 Å². The number of carboxylic acids is 1. The molecule has 114 valence electrons. The van der Waals surface area contributed by atoms with Gasteiger partial charge in [-0.05, 0) is 31.0 Å². The molecule has 0 aliphatic heterocycles. The minimum atomic E-state index is -0.914. The molecule has 0 saturated carbocycles. The Bertz CT molecular complexity index is 540. The van der Waals surface area contributed by atoms with Crippen molar-refractivity contribution in [3.8, 4) is 0 Å². The van der Waals surface area contributed by atoms with E-state index >= 15 is 0 Å². The van der Waals surface area contributed by atoms with E-state index < -0.39 is 5.97 Å². The predicted molar refractivity (Wildman–Crippen MR) is 80.2 cm³/mol. The molecule has 0 spiro atoms. The van der Waals surface area contributed by atoms with Gasteiger partial charge >= 0.3 is 5.97 Å². The van der Waals surface area contributed by atoms with Crippen LogP contribution in [0.5, 0.6) is 0 Å². The van der Waals surface area contributed by atoms with Crippen molar-refractivity contribution in [1.82, 2.24) is 0 Å². The van der Waals surface area contributed by atoms with Crippen molar-refractivity contribution in [2.75, 3.05) is 10.6 Å². The van der Waals surface area contributed by atoms with Gasteiger partial charge in [0.15, 0.2) is 0 Å². The Morgan fingerprint density at radius 2 is 1.81 bits per heavy atom. The van der Waals surface area contributed by atoms with Crippen LogP contribution in [-0.4, -0.2) is 22.9 Å². The first kappa shape index (κ1) is 16.7. The number of carboxylic acid groups (broad SMARTS) is 1. The molecule has 6 nitrogen and oxygen atoms in total. The molecule has 0 atom stereocenters. The van der Waals surface area contributed by atoms with Gasteiger partial charge in [0.2, 0.25) is 11.8 Å². The Hall–Kier alpha value is -2.37. The molecule has 0 aliphatic rings. The summed E-state index contributed by atoms with van der Waals surface area (Å²) in [5, 5.41) is 14.0. The first-order valence-electron chi connectivity index (χ1n) is 6.84. The molecule has 1 rings (SSSR count). The zero-order chi connectivity index (χ0) is 15.8. The normalized spacial score (nSPS) is 10.0. The van der Waals surface area contributed by atoms with Crippen LogP contribution in [0.2, 0.25) is 0 Å². The van der Waals surface area contributed by atoms with Gasteiger partial charge in [-0.3, -0.25) is 14.4 Å². The Labute approximate surface area is 123 Å². The smallest absolute Gasteiger partial charge is 0.303 e. The highest BCUT2D eigenvalue weighted by atomic mass is 16.4. The van der Waals surface area contributed by atoms with E-state index in [2.05, 4.69) is 10.6 Å². The quantitative estimate of drug-likeness (QED) is 0.719. The fraction of sp³-hybridized carbons (Fsp3) is 0.400. The maximum absolute atomic E-state index is 11.7. The molecular weight excluding hydrogens is 272 g/mol. The number of aliphatic carboxylic acids is 1. The van der Waals surface area contributed by atoms with Gasteiger partial charge in [-0.15, -0.1) is 0 Å². The van der Waals surface area contributed by atoms with Crippen molar-refractivity contribution in [1.29, 1.82) is 0 Å². The van der Waals surface area contributed by atoms with Crippen LogP contribution in [0.3, 0.4) is 0 Å². The standard InChI is InChI=1S/C15H20N2O4/c1-3-13(18)17-12-9-11(8-7-10(12)2)16-14(19)5-4-6-15(20)21/h7-9H,3-6H2,1-2H3,(H,16,19)(H,17,18)(H,20,21). The number of carbonyl (C=O) groups is 3. The lowest BCUT2D eigenvalue weighted by molar-refractivity contribution is -0.137. The Kier molecular flexibility index (Phi) is 6.39. The van der Waals surface area contributed by atoms with Crippen molar-refractivity contribution in [3.05, 3.63) is 23.8 Å². The van der Waals surface area contributed by atoms with Crippen LogP contribution in [0.4, 0.5) is 11.4 Å². The lowest BCUT2D eigenvalue weighted by atomic mass is 10.1. The number of hydrogen-bond donors (Lipinski definition) is 3. The van der Waals surface area contributed by atoms with Gasteiger partial charge in [-0.25, -0.2) is 0 Å². The molecule has 2 amide bonds. The van der Waals surface area contributed by atoms with Crippen molar-refractivity contribution in [2.45, 2.75) is 39.5 Å². The summed E-state index contributed by atoms with van der Waals surface area (Å²) < 4.78 is 0. The van der Waals surface area contributed by atoms with Crippen molar-refractivity contribution >= 4 is 29.2 Å². The van der Waals surface area contributed by atoms with Gasteiger partial charge in [-0.1, -0.05) is 13.0 Å². The highest BCUT2D eigenvalue weighted by molar-refractivity contribution is 5.94. The first-order valence-corrected chi connectivity index (χ1v) is 6.84. The highest BCUT2D eigenvalue weighted by Gasteiger charge is 2.07. The number of carbonyl (C=O) groups excluding carboxylic acids is 2. The summed E-state index contributed by atoms with van der Waals surface area (Å²) in [4.78, 5) is 33.5. The molecule has 0 saturated heterocycles. The van der Waals surface area contributed by atoms with E-state index in [9.17, 15) is 14.4 Å². The summed E-state index contributed by atoms with van der Waals surface area (Å²) in [6.45, 7) is 3.63. The van der Waals surface area contributed by atoms with Crippen LogP contribution < -0.4 is 10.6 Å². The largest absolute Gasteiger partial charge is 0.481 e. The lowest BCUT2D eigenvalue weighted by Gasteiger charge is -2.11. The summed E-state index contributed by atoms with van der Waals surface area (Å²) in [6, 6.07) is 5.24. The summed E-state index contributed by atoms with van der Waals surface area (Å²) in [5.41, 5.74) is 2.14. The topological polar surface area (TPSA) is 95.5 Å². The molecule has 21 heavy (non-hydrogen) atoms. The molecule has 1 aromatic carbocycles. The number of hydrogen-bond acceptors (Lipinski definition) is 3. The molecule has 0 heterocycles. The Morgan fingerprint density at radius 1 is 1.10 bits per heavy atom. The van der Waals surface area contributed by atoms with Crippen LogP contribution in [0, 0.1) is 6.92 Å². The molecule has 6 heteroatoms. The van der Waals surface area contributed by atoms with E-state index in [1.54, 1.807) is 25.1 Å². The van der Waals surface area contributed by atoms with Gasteiger partial charge in [-0.2, -0.15) is 0 Å². The Morgan fingerprint density at radius 3 is 2.43 bits per heavy atom.